The molecule has 0 aliphatic carbocycles. The molecule has 0 saturated heterocycles. The van der Waals surface area contributed by atoms with E-state index < -0.39 is 23.9 Å². The fraction of sp³-hybridized carbons (Fsp3) is 0.750. The van der Waals surface area contributed by atoms with Gasteiger partial charge in [0.2, 0.25) is 0 Å². The Morgan fingerprint density at radius 3 is 1.73 bits per heavy atom. The summed E-state index contributed by atoms with van der Waals surface area (Å²) in [6, 6.07) is 0. The zero-order valence-electron chi connectivity index (χ0n) is 6.40. The van der Waals surface area contributed by atoms with E-state index in [0.717, 1.165) is 0 Å². The van der Waals surface area contributed by atoms with E-state index in [1.54, 1.807) is 0 Å². The summed E-state index contributed by atoms with van der Waals surface area (Å²) < 4.78 is 82.6. The van der Waals surface area contributed by atoms with Crippen molar-refractivity contribution in [3.8, 4) is 0 Å². The predicted octanol–water partition coefficient (Wildman–Crippen LogP) is 2.66. The second kappa shape index (κ2) is 3.57. The average molecular weight is 239 g/mol. The molecule has 0 saturated carbocycles. The maximum absolute atomic E-state index is 12.2. The van der Waals surface area contributed by atoms with Crippen LogP contribution in [0.15, 0.2) is 5.11 Å². The molecule has 0 bridgehead atoms. The zero-order chi connectivity index (χ0) is 12.5. The zero-order valence-corrected chi connectivity index (χ0v) is 6.40. The second-order valence-electron chi connectivity index (χ2n) is 2.14. The number of carbonyl (C=O) groups excluding carboxylic acids is 1. The minimum Gasteiger partial charge on any atom is -0.285 e. The first kappa shape index (κ1) is 13.5. The fourth-order valence-corrected chi connectivity index (χ4v) is 0.416. The van der Waals surface area contributed by atoms with Crippen molar-refractivity contribution in [3.05, 3.63) is 10.4 Å². The van der Waals surface area contributed by atoms with Crippen LogP contribution < -0.4 is 0 Å². The molecule has 0 radical (unpaired) electrons. The largest absolute Gasteiger partial charge is 0.460 e. The highest BCUT2D eigenvalue weighted by atomic mass is 19.4. The SMILES string of the molecule is [N-]=[N+]=NC(=O)C(F)(F)C(F)(F)C(F)(F)F. The summed E-state index contributed by atoms with van der Waals surface area (Å²) in [6.07, 6.45) is -6.63. The highest BCUT2D eigenvalue weighted by Crippen LogP contribution is 2.46. The molecule has 0 fully saturated rings. The van der Waals surface area contributed by atoms with E-state index in [-0.39, 0.29) is 0 Å². The Labute approximate surface area is 76.3 Å². The normalized spacial score (nSPS) is 13.3. The molecule has 0 atom stereocenters. The van der Waals surface area contributed by atoms with Crippen molar-refractivity contribution in [3.63, 3.8) is 0 Å². The molecule has 0 unspecified atom stereocenters. The lowest BCUT2D eigenvalue weighted by Gasteiger charge is -2.25. The van der Waals surface area contributed by atoms with E-state index in [2.05, 4.69) is 0 Å². The minimum atomic E-state index is -6.63. The van der Waals surface area contributed by atoms with Crippen molar-refractivity contribution in [2.75, 3.05) is 0 Å². The van der Waals surface area contributed by atoms with Crippen LogP contribution in [0.5, 0.6) is 0 Å². The molecular weight excluding hydrogens is 239 g/mol. The number of halogens is 7. The molecule has 1 amide bonds. The van der Waals surface area contributed by atoms with Crippen LogP contribution in [0.4, 0.5) is 30.7 Å². The van der Waals surface area contributed by atoms with E-state index >= 15 is 0 Å². The average Bonchev–Trinajstić information content (AvgIpc) is 2.02. The third-order valence-electron chi connectivity index (χ3n) is 1.15. The molecule has 0 heterocycles. The Kier molecular flexibility index (Phi) is 3.21. The number of hydrogen-bond donors (Lipinski definition) is 0. The van der Waals surface area contributed by atoms with E-state index in [9.17, 15) is 35.5 Å². The Hall–Kier alpha value is -1.51. The minimum absolute atomic E-state index is 1.39. The molecule has 0 aromatic carbocycles. The van der Waals surface area contributed by atoms with Gasteiger partial charge in [-0.15, -0.1) is 0 Å². The summed E-state index contributed by atoms with van der Waals surface area (Å²) >= 11 is 0. The summed E-state index contributed by atoms with van der Waals surface area (Å²) in [5.41, 5.74) is 7.45. The number of nitrogens with zero attached hydrogens (tertiary/aromatic N) is 3. The summed E-state index contributed by atoms with van der Waals surface area (Å²) in [6.45, 7) is 0. The monoisotopic (exact) mass is 239 g/mol. The van der Waals surface area contributed by atoms with Gasteiger partial charge in [-0.1, -0.05) is 0 Å². The van der Waals surface area contributed by atoms with Crippen LogP contribution in [0.3, 0.4) is 0 Å². The Bertz CT molecular complexity index is 315. The molecule has 11 heteroatoms. The van der Waals surface area contributed by atoms with Crippen LogP contribution in [0, 0.1) is 0 Å². The molecule has 4 nitrogen and oxygen atoms in total. The molecule has 0 aliphatic rings. The Balaban J connectivity index is 5.37. The molecule has 0 spiro atoms. The third-order valence-corrected chi connectivity index (χ3v) is 1.15. The summed E-state index contributed by atoms with van der Waals surface area (Å²) in [4.78, 5) is 11.4. The van der Waals surface area contributed by atoms with Gasteiger partial charge in [0.05, 0.1) is 0 Å². The quantitative estimate of drug-likeness (QED) is 0.316. The molecule has 86 valence electrons. The second-order valence-corrected chi connectivity index (χ2v) is 2.14. The fourth-order valence-electron chi connectivity index (χ4n) is 0.416. The molecular formula is C4F7N3O. The first-order valence-corrected chi connectivity index (χ1v) is 2.90. The van der Waals surface area contributed by atoms with Gasteiger partial charge in [0.1, 0.15) is 0 Å². The van der Waals surface area contributed by atoms with Gasteiger partial charge >= 0.3 is 18.0 Å². The molecule has 0 aromatic heterocycles. The van der Waals surface area contributed by atoms with Crippen LogP contribution in [0.2, 0.25) is 0 Å². The maximum atomic E-state index is 12.2. The molecule has 0 aromatic rings. The van der Waals surface area contributed by atoms with Crippen LogP contribution in [0.1, 0.15) is 0 Å². The van der Waals surface area contributed by atoms with E-state index in [0.29, 0.717) is 0 Å². The standard InChI is InChI=1S/C4F7N3O/c5-2(6,1(15)13-14-12)3(7,8)4(9,10)11. The van der Waals surface area contributed by atoms with E-state index in [4.69, 9.17) is 5.53 Å². The van der Waals surface area contributed by atoms with Gasteiger partial charge in [0.25, 0.3) is 5.91 Å². The van der Waals surface area contributed by atoms with E-state index in [1.165, 1.54) is 10.0 Å². The predicted molar refractivity (Wildman–Crippen MR) is 30.1 cm³/mol. The number of rotatable bonds is 2. The maximum Gasteiger partial charge on any atom is 0.460 e. The first-order valence-electron chi connectivity index (χ1n) is 2.90. The number of azide groups is 1. The number of hydrogen-bond acceptors (Lipinski definition) is 1. The van der Waals surface area contributed by atoms with Gasteiger partial charge in [-0.25, -0.2) is 0 Å². The van der Waals surface area contributed by atoms with Crippen molar-refractivity contribution >= 4 is 5.91 Å². The van der Waals surface area contributed by atoms with Gasteiger partial charge in [-0.05, 0) is 10.6 Å². The number of carbonyl (C=O) groups is 1. The summed E-state index contributed by atoms with van der Waals surface area (Å²) in [7, 11) is 0. The lowest BCUT2D eigenvalue weighted by atomic mass is 10.1. The van der Waals surface area contributed by atoms with Crippen LogP contribution >= 0.6 is 0 Å². The van der Waals surface area contributed by atoms with Gasteiger partial charge < -0.3 is 0 Å². The molecule has 0 rings (SSSR count). The lowest BCUT2D eigenvalue weighted by Crippen LogP contribution is -2.55. The van der Waals surface area contributed by atoms with Crippen molar-refractivity contribution in [2.24, 2.45) is 5.11 Å². The third kappa shape index (κ3) is 2.12. The van der Waals surface area contributed by atoms with Crippen molar-refractivity contribution in [2.45, 2.75) is 18.0 Å². The highest BCUT2D eigenvalue weighted by molar-refractivity contribution is 5.85. The first-order chi connectivity index (χ1) is 6.48. The smallest absolute Gasteiger partial charge is 0.285 e. The van der Waals surface area contributed by atoms with Crippen LogP contribution in [0.25, 0.3) is 10.4 Å². The Morgan fingerprint density at radius 1 is 1.07 bits per heavy atom. The molecule has 0 N–H and O–H groups in total. The van der Waals surface area contributed by atoms with Crippen LogP contribution in [-0.4, -0.2) is 23.9 Å². The van der Waals surface area contributed by atoms with Gasteiger partial charge in [-0.3, -0.25) is 4.79 Å². The topological polar surface area (TPSA) is 65.8 Å². The Morgan fingerprint density at radius 2 is 1.47 bits per heavy atom. The number of alkyl halides is 7. The van der Waals surface area contributed by atoms with Gasteiger partial charge in [0, 0.05) is 4.91 Å². The summed E-state index contributed by atoms with van der Waals surface area (Å²) in [5.74, 6) is -15.9. The molecule has 15 heavy (non-hydrogen) atoms. The summed E-state index contributed by atoms with van der Waals surface area (Å²) in [5, 5.41) is 1.49. The van der Waals surface area contributed by atoms with Crippen molar-refractivity contribution in [1.29, 1.82) is 0 Å². The van der Waals surface area contributed by atoms with Crippen LogP contribution in [-0.2, 0) is 4.79 Å². The van der Waals surface area contributed by atoms with Crippen molar-refractivity contribution in [1.82, 2.24) is 0 Å². The highest BCUT2D eigenvalue weighted by Gasteiger charge is 2.75. The van der Waals surface area contributed by atoms with Crippen molar-refractivity contribution < 1.29 is 35.5 Å². The van der Waals surface area contributed by atoms with Gasteiger partial charge in [0.15, 0.2) is 0 Å². The lowest BCUT2D eigenvalue weighted by molar-refractivity contribution is -0.343. The molecule has 0 aliphatic heterocycles. The van der Waals surface area contributed by atoms with E-state index in [1.807, 2.05) is 0 Å². The van der Waals surface area contributed by atoms with Gasteiger partial charge in [-0.2, -0.15) is 30.7 Å². The number of amides is 1.